The van der Waals surface area contributed by atoms with Crippen LogP contribution in [-0.2, 0) is 28.6 Å². The minimum absolute atomic E-state index is 0.0486. The SMILES string of the molecule is CC/C=C/C=C/C=C/CCCCCCCC(=O)OC(COCCC(C(=O)O)[N+](C)(C)C)COC(=O)CCCCCCC/C=C/CCCC. The predicted molar refractivity (Wildman–Crippen MR) is 197 cm³/mol. The van der Waals surface area contributed by atoms with Crippen LogP contribution in [0.2, 0.25) is 0 Å². The number of aliphatic carboxylic acids is 1. The standard InChI is InChI=1S/C40H69NO7/c1-6-8-10-12-14-16-18-19-21-23-25-27-29-31-39(43)48-36(34-46-33-32-37(40(44)45)41(3,4)5)35-47-38(42)30-28-26-24-22-20-17-15-13-11-9-7-2/h8,10,12-16,18,36-37H,6-7,9,11,17,19-35H2,1-5H3/p+1/b10-8+,14-12+,15-13+,18-16+. The number of likely N-dealkylation sites (N-methyl/N-ethyl adjacent to an activating group) is 1. The minimum Gasteiger partial charge on any atom is -0.477 e. The van der Waals surface area contributed by atoms with Crippen molar-refractivity contribution in [1.82, 2.24) is 0 Å². The highest BCUT2D eigenvalue weighted by Gasteiger charge is 2.31. The average Bonchev–Trinajstić information content (AvgIpc) is 3.03. The molecule has 0 saturated carbocycles. The molecule has 0 amide bonds. The van der Waals surface area contributed by atoms with Crippen molar-refractivity contribution in [2.24, 2.45) is 0 Å². The molecular weight excluding hydrogens is 606 g/mol. The van der Waals surface area contributed by atoms with Gasteiger partial charge in [0.05, 0.1) is 34.4 Å². The Kier molecular flexibility index (Phi) is 29.8. The first-order chi connectivity index (χ1) is 23.1. The van der Waals surface area contributed by atoms with Gasteiger partial charge >= 0.3 is 17.9 Å². The van der Waals surface area contributed by atoms with Crippen molar-refractivity contribution in [2.75, 3.05) is 41.0 Å². The van der Waals surface area contributed by atoms with Crippen LogP contribution in [0.3, 0.4) is 0 Å². The van der Waals surface area contributed by atoms with E-state index in [2.05, 4.69) is 50.3 Å². The summed E-state index contributed by atoms with van der Waals surface area (Å²) in [4.78, 5) is 36.7. The van der Waals surface area contributed by atoms with E-state index >= 15 is 0 Å². The van der Waals surface area contributed by atoms with Crippen LogP contribution in [0, 0.1) is 0 Å². The largest absolute Gasteiger partial charge is 0.477 e. The number of allylic oxidation sites excluding steroid dienone is 8. The molecule has 2 unspecified atom stereocenters. The Morgan fingerprint density at radius 2 is 1.19 bits per heavy atom. The summed E-state index contributed by atoms with van der Waals surface area (Å²) in [6.45, 7) is 4.50. The van der Waals surface area contributed by atoms with Gasteiger partial charge in [-0.05, 0) is 51.4 Å². The molecule has 0 aliphatic rings. The zero-order valence-corrected chi connectivity index (χ0v) is 31.2. The van der Waals surface area contributed by atoms with E-state index in [1.807, 2.05) is 33.3 Å². The van der Waals surface area contributed by atoms with E-state index in [1.54, 1.807) is 0 Å². The maximum absolute atomic E-state index is 12.6. The second-order valence-corrected chi connectivity index (χ2v) is 13.5. The second kappa shape index (κ2) is 31.6. The molecule has 0 aromatic rings. The lowest BCUT2D eigenvalue weighted by molar-refractivity contribution is -0.887. The summed E-state index contributed by atoms with van der Waals surface area (Å²) in [5.74, 6) is -1.52. The van der Waals surface area contributed by atoms with E-state index in [-0.39, 0.29) is 36.2 Å². The molecule has 0 heterocycles. The fourth-order valence-corrected chi connectivity index (χ4v) is 5.07. The number of carboxylic acids is 1. The molecule has 276 valence electrons. The monoisotopic (exact) mass is 677 g/mol. The van der Waals surface area contributed by atoms with E-state index in [1.165, 1.54) is 25.7 Å². The highest BCUT2D eigenvalue weighted by molar-refractivity contribution is 5.72. The molecule has 0 radical (unpaired) electrons. The van der Waals surface area contributed by atoms with Crippen molar-refractivity contribution < 1.29 is 38.2 Å². The van der Waals surface area contributed by atoms with Gasteiger partial charge < -0.3 is 23.8 Å². The summed E-state index contributed by atoms with van der Waals surface area (Å²) >= 11 is 0. The van der Waals surface area contributed by atoms with Crippen LogP contribution in [0.1, 0.15) is 136 Å². The van der Waals surface area contributed by atoms with Crippen LogP contribution in [0.15, 0.2) is 48.6 Å². The number of hydrogen-bond donors (Lipinski definition) is 1. The topological polar surface area (TPSA) is 99.1 Å². The molecular formula is C40H70NO7+. The number of carbonyl (C=O) groups is 3. The van der Waals surface area contributed by atoms with Crippen molar-refractivity contribution in [3.63, 3.8) is 0 Å². The average molecular weight is 677 g/mol. The fraction of sp³-hybridized carbons (Fsp3) is 0.725. The fourth-order valence-electron chi connectivity index (χ4n) is 5.07. The Morgan fingerprint density at radius 1 is 0.646 bits per heavy atom. The van der Waals surface area contributed by atoms with E-state index < -0.39 is 18.1 Å². The molecule has 0 aliphatic heterocycles. The Labute approximate surface area is 293 Å². The third kappa shape index (κ3) is 29.4. The number of quaternary nitrogens is 1. The quantitative estimate of drug-likeness (QED) is 0.0249. The number of unbranched alkanes of at least 4 members (excludes halogenated alkanes) is 12. The first-order valence-corrected chi connectivity index (χ1v) is 18.7. The molecule has 0 aromatic carbocycles. The summed E-state index contributed by atoms with van der Waals surface area (Å²) in [7, 11) is 5.50. The third-order valence-corrected chi connectivity index (χ3v) is 8.02. The van der Waals surface area contributed by atoms with E-state index in [0.717, 1.165) is 77.0 Å². The highest BCUT2D eigenvalue weighted by Crippen LogP contribution is 2.12. The second-order valence-electron chi connectivity index (χ2n) is 13.5. The lowest BCUT2D eigenvalue weighted by Crippen LogP contribution is -2.50. The maximum atomic E-state index is 12.6. The summed E-state index contributed by atoms with van der Waals surface area (Å²) in [5.41, 5.74) is 0. The summed E-state index contributed by atoms with van der Waals surface area (Å²) in [6, 6.07) is -0.619. The molecule has 8 heteroatoms. The predicted octanol–water partition coefficient (Wildman–Crippen LogP) is 9.29. The van der Waals surface area contributed by atoms with Gasteiger partial charge in [-0.15, -0.1) is 0 Å². The lowest BCUT2D eigenvalue weighted by atomic mass is 10.1. The number of ether oxygens (including phenoxy) is 3. The van der Waals surface area contributed by atoms with Gasteiger partial charge in [-0.25, -0.2) is 4.79 Å². The van der Waals surface area contributed by atoms with Crippen molar-refractivity contribution in [3.05, 3.63) is 48.6 Å². The van der Waals surface area contributed by atoms with Gasteiger partial charge in [-0.1, -0.05) is 114 Å². The van der Waals surface area contributed by atoms with Crippen LogP contribution in [0.4, 0.5) is 0 Å². The molecule has 0 aromatic heterocycles. The van der Waals surface area contributed by atoms with Crippen LogP contribution in [0.5, 0.6) is 0 Å². The van der Waals surface area contributed by atoms with Gasteiger partial charge in [0.15, 0.2) is 12.1 Å². The Hall–Kier alpha value is -2.71. The smallest absolute Gasteiger partial charge is 0.362 e. The Balaban J connectivity index is 4.49. The van der Waals surface area contributed by atoms with Crippen molar-refractivity contribution in [2.45, 2.75) is 148 Å². The van der Waals surface area contributed by atoms with E-state index in [4.69, 9.17) is 14.2 Å². The molecule has 48 heavy (non-hydrogen) atoms. The van der Waals surface area contributed by atoms with Gasteiger partial charge in [-0.2, -0.15) is 0 Å². The summed E-state index contributed by atoms with van der Waals surface area (Å²) in [5, 5.41) is 9.57. The number of carbonyl (C=O) groups excluding carboxylic acids is 2. The molecule has 8 nitrogen and oxygen atoms in total. The summed E-state index contributed by atoms with van der Waals surface area (Å²) < 4.78 is 17.1. The van der Waals surface area contributed by atoms with Crippen molar-refractivity contribution in [3.8, 4) is 0 Å². The number of esters is 2. The molecule has 0 rings (SSSR count). The number of hydrogen-bond acceptors (Lipinski definition) is 6. The number of rotatable bonds is 32. The van der Waals surface area contributed by atoms with Crippen LogP contribution in [0.25, 0.3) is 0 Å². The number of carboxylic acid groups (broad SMARTS) is 1. The Morgan fingerprint density at radius 3 is 1.77 bits per heavy atom. The molecule has 0 bridgehead atoms. The molecule has 0 saturated heterocycles. The van der Waals surface area contributed by atoms with Gasteiger partial charge in [0, 0.05) is 19.3 Å². The zero-order chi connectivity index (χ0) is 35.7. The minimum atomic E-state index is -0.883. The first-order valence-electron chi connectivity index (χ1n) is 18.7. The van der Waals surface area contributed by atoms with Gasteiger partial charge in [0.1, 0.15) is 6.61 Å². The van der Waals surface area contributed by atoms with Crippen molar-refractivity contribution in [1.29, 1.82) is 0 Å². The van der Waals surface area contributed by atoms with Crippen LogP contribution < -0.4 is 0 Å². The maximum Gasteiger partial charge on any atom is 0.362 e. The molecule has 0 spiro atoms. The zero-order valence-electron chi connectivity index (χ0n) is 31.2. The third-order valence-electron chi connectivity index (χ3n) is 8.02. The molecule has 1 N–H and O–H groups in total. The molecule has 0 aliphatic carbocycles. The molecule has 2 atom stereocenters. The highest BCUT2D eigenvalue weighted by atomic mass is 16.6. The lowest BCUT2D eigenvalue weighted by Gasteiger charge is -2.31. The van der Waals surface area contributed by atoms with Crippen molar-refractivity contribution >= 4 is 17.9 Å². The van der Waals surface area contributed by atoms with Crippen LogP contribution in [-0.4, -0.2) is 80.6 Å². The number of nitrogens with zero attached hydrogens (tertiary/aromatic N) is 1. The van der Waals surface area contributed by atoms with Gasteiger partial charge in [-0.3, -0.25) is 9.59 Å². The Bertz CT molecular complexity index is 932. The first kappa shape index (κ1) is 45.3. The molecule has 0 fully saturated rings. The van der Waals surface area contributed by atoms with Gasteiger partial charge in [0.2, 0.25) is 0 Å². The van der Waals surface area contributed by atoms with E-state index in [9.17, 15) is 19.5 Å². The summed E-state index contributed by atoms with van der Waals surface area (Å²) in [6.07, 6.45) is 34.4. The van der Waals surface area contributed by atoms with Gasteiger partial charge in [0.25, 0.3) is 0 Å². The van der Waals surface area contributed by atoms with E-state index in [0.29, 0.717) is 19.3 Å². The van der Waals surface area contributed by atoms with Crippen LogP contribution >= 0.6 is 0 Å². The normalized spacial score (nSPS) is 13.6.